The molecule has 0 radical (unpaired) electrons. The van der Waals surface area contributed by atoms with E-state index in [4.69, 9.17) is 19.1 Å². The fraction of sp³-hybridized carbons (Fsp3) is 0.773. The molecule has 0 aliphatic rings. The first-order chi connectivity index (χ1) is 26.7. The highest BCUT2D eigenvalue weighted by Gasteiger charge is 2.27. The van der Waals surface area contributed by atoms with Crippen molar-refractivity contribution in [2.24, 2.45) is 0 Å². The minimum atomic E-state index is -4.62. The largest absolute Gasteiger partial charge is 0.472 e. The van der Waals surface area contributed by atoms with Crippen LogP contribution in [0.1, 0.15) is 181 Å². The van der Waals surface area contributed by atoms with Crippen LogP contribution in [0.3, 0.4) is 0 Å². The number of hydrogen-bond acceptors (Lipinski definition) is 9. The van der Waals surface area contributed by atoms with E-state index in [9.17, 15) is 24.2 Å². The topological polar surface area (TPSA) is 149 Å². The summed E-state index contributed by atoms with van der Waals surface area (Å²) >= 11 is 0. The van der Waals surface area contributed by atoms with Crippen LogP contribution in [0.4, 0.5) is 0 Å². The molecule has 320 valence electrons. The van der Waals surface area contributed by atoms with E-state index in [0.29, 0.717) is 12.8 Å². The third-order valence-corrected chi connectivity index (χ3v) is 9.91. The Morgan fingerprint density at radius 3 is 1.47 bits per heavy atom. The molecule has 0 amide bonds. The SMILES string of the molecule is CCCCC/C=C\C/C=C\C/C=C\CCCCCCCCC(=O)OC(COC(=O)CCCCCCC/C=C\CCCCCC)COP(=O)(O)OCC(O)CO. The van der Waals surface area contributed by atoms with Crippen LogP contribution >= 0.6 is 7.82 Å². The van der Waals surface area contributed by atoms with Gasteiger partial charge in [0, 0.05) is 12.8 Å². The van der Waals surface area contributed by atoms with Crippen molar-refractivity contribution in [3.05, 3.63) is 48.6 Å². The number of aliphatic hydroxyl groups is 2. The lowest BCUT2D eigenvalue weighted by molar-refractivity contribution is -0.161. The number of ether oxygens (including phenoxy) is 2. The van der Waals surface area contributed by atoms with Crippen LogP contribution in [0.25, 0.3) is 0 Å². The molecule has 0 aromatic heterocycles. The Kier molecular flexibility index (Phi) is 38.6. The fourth-order valence-corrected chi connectivity index (χ4v) is 6.37. The molecule has 11 heteroatoms. The molecule has 3 unspecified atom stereocenters. The molecule has 0 aliphatic heterocycles. The minimum absolute atomic E-state index is 0.167. The number of esters is 2. The molecule has 0 bridgehead atoms. The van der Waals surface area contributed by atoms with Gasteiger partial charge in [0.2, 0.25) is 0 Å². The second-order valence-electron chi connectivity index (χ2n) is 14.4. The van der Waals surface area contributed by atoms with Crippen molar-refractivity contribution >= 4 is 19.8 Å². The van der Waals surface area contributed by atoms with E-state index in [1.165, 1.54) is 51.4 Å². The van der Waals surface area contributed by atoms with Crippen molar-refractivity contribution in [3.63, 3.8) is 0 Å². The summed E-state index contributed by atoms with van der Waals surface area (Å²) in [7, 11) is -4.62. The average molecular weight is 799 g/mol. The van der Waals surface area contributed by atoms with Gasteiger partial charge in [0.1, 0.15) is 12.7 Å². The van der Waals surface area contributed by atoms with E-state index in [0.717, 1.165) is 89.9 Å². The predicted octanol–water partition coefficient (Wildman–Crippen LogP) is 11.3. The van der Waals surface area contributed by atoms with Gasteiger partial charge in [0.15, 0.2) is 6.10 Å². The standard InChI is InChI=1S/C44H79O10P/c1-3-5-7-9-11-13-15-17-18-19-20-21-22-24-26-28-30-32-34-36-44(48)54-42(40-53-55(49,50)52-38-41(46)37-45)39-51-43(47)35-33-31-29-27-25-23-16-14-12-10-8-6-4-2/h11,13-14,16-18,20-21,41-42,45-46H,3-10,12,15,19,22-40H2,1-2H3,(H,49,50)/b13-11-,16-14-,18-17-,21-20-. The van der Waals surface area contributed by atoms with Gasteiger partial charge < -0.3 is 24.6 Å². The molecule has 0 aromatic rings. The summed E-state index contributed by atoms with van der Waals surface area (Å²) in [5.74, 6) is -0.951. The third kappa shape index (κ3) is 39.9. The lowest BCUT2D eigenvalue weighted by atomic mass is 10.1. The minimum Gasteiger partial charge on any atom is -0.462 e. The summed E-state index contributed by atoms with van der Waals surface area (Å²) in [5.41, 5.74) is 0. The van der Waals surface area contributed by atoms with Crippen molar-refractivity contribution in [3.8, 4) is 0 Å². The highest BCUT2D eigenvalue weighted by Crippen LogP contribution is 2.43. The second-order valence-corrected chi connectivity index (χ2v) is 15.8. The number of unbranched alkanes of at least 4 members (excludes halogenated alkanes) is 18. The number of hydrogen-bond donors (Lipinski definition) is 3. The first-order valence-electron chi connectivity index (χ1n) is 21.6. The quantitative estimate of drug-likeness (QED) is 0.0237. The molecule has 0 fully saturated rings. The van der Waals surface area contributed by atoms with Crippen molar-refractivity contribution in [1.82, 2.24) is 0 Å². The average Bonchev–Trinajstić information content (AvgIpc) is 3.17. The molecular weight excluding hydrogens is 719 g/mol. The number of rotatable bonds is 40. The third-order valence-electron chi connectivity index (χ3n) is 8.96. The van der Waals surface area contributed by atoms with Gasteiger partial charge >= 0.3 is 19.8 Å². The number of carbonyl (C=O) groups is 2. The summed E-state index contributed by atoms with van der Waals surface area (Å²) < 4.78 is 32.7. The van der Waals surface area contributed by atoms with Gasteiger partial charge in [-0.25, -0.2) is 4.57 Å². The zero-order valence-corrected chi connectivity index (χ0v) is 35.5. The van der Waals surface area contributed by atoms with Crippen molar-refractivity contribution < 1.29 is 47.8 Å². The molecular formula is C44H79O10P. The number of phosphoric acid groups is 1. The lowest BCUT2D eigenvalue weighted by Crippen LogP contribution is -2.29. The van der Waals surface area contributed by atoms with Crippen LogP contribution in [0.5, 0.6) is 0 Å². The van der Waals surface area contributed by atoms with Crippen LogP contribution in [0.2, 0.25) is 0 Å². The molecule has 10 nitrogen and oxygen atoms in total. The summed E-state index contributed by atoms with van der Waals surface area (Å²) in [4.78, 5) is 35.0. The zero-order valence-electron chi connectivity index (χ0n) is 34.6. The van der Waals surface area contributed by atoms with Crippen LogP contribution in [0.15, 0.2) is 48.6 Å². The Bertz CT molecular complexity index is 1060. The zero-order chi connectivity index (χ0) is 40.5. The first-order valence-corrected chi connectivity index (χ1v) is 23.1. The molecule has 3 N–H and O–H groups in total. The van der Waals surface area contributed by atoms with Gasteiger partial charge in [0.25, 0.3) is 0 Å². The highest BCUT2D eigenvalue weighted by atomic mass is 31.2. The Morgan fingerprint density at radius 1 is 0.545 bits per heavy atom. The van der Waals surface area contributed by atoms with E-state index in [-0.39, 0.29) is 19.4 Å². The number of allylic oxidation sites excluding steroid dienone is 8. The van der Waals surface area contributed by atoms with E-state index >= 15 is 0 Å². The van der Waals surface area contributed by atoms with E-state index in [1.807, 2.05) is 0 Å². The number of carbonyl (C=O) groups excluding carboxylic acids is 2. The Morgan fingerprint density at radius 2 is 0.945 bits per heavy atom. The summed E-state index contributed by atoms with van der Waals surface area (Å²) in [5, 5.41) is 18.3. The maximum atomic E-state index is 12.6. The molecule has 3 atom stereocenters. The molecule has 0 aromatic carbocycles. The van der Waals surface area contributed by atoms with E-state index in [2.05, 4.69) is 67.0 Å². The molecule has 0 heterocycles. The Hall–Kier alpha value is -2.07. The maximum Gasteiger partial charge on any atom is 0.472 e. The van der Waals surface area contributed by atoms with Crippen LogP contribution < -0.4 is 0 Å². The molecule has 0 spiro atoms. The van der Waals surface area contributed by atoms with Crippen molar-refractivity contribution in [2.45, 2.75) is 193 Å². The van der Waals surface area contributed by atoms with Crippen LogP contribution in [-0.2, 0) is 32.7 Å². The summed E-state index contributed by atoms with van der Waals surface area (Å²) in [6.07, 6.45) is 42.1. The Balaban J connectivity index is 4.33. The Labute approximate surface area is 334 Å². The van der Waals surface area contributed by atoms with Crippen LogP contribution in [0, 0.1) is 0 Å². The van der Waals surface area contributed by atoms with E-state index in [1.54, 1.807) is 0 Å². The molecule has 0 saturated carbocycles. The second kappa shape index (κ2) is 40.1. The summed E-state index contributed by atoms with van der Waals surface area (Å²) in [6, 6.07) is 0. The smallest absolute Gasteiger partial charge is 0.462 e. The predicted molar refractivity (Wildman–Crippen MR) is 224 cm³/mol. The number of phosphoric ester groups is 1. The molecule has 0 rings (SSSR count). The maximum absolute atomic E-state index is 12.6. The molecule has 0 aliphatic carbocycles. The van der Waals surface area contributed by atoms with Crippen molar-refractivity contribution in [1.29, 1.82) is 0 Å². The lowest BCUT2D eigenvalue weighted by Gasteiger charge is -2.20. The van der Waals surface area contributed by atoms with Crippen molar-refractivity contribution in [2.75, 3.05) is 26.4 Å². The monoisotopic (exact) mass is 799 g/mol. The highest BCUT2D eigenvalue weighted by molar-refractivity contribution is 7.47. The van der Waals surface area contributed by atoms with Gasteiger partial charge in [0.05, 0.1) is 19.8 Å². The molecule has 55 heavy (non-hydrogen) atoms. The van der Waals surface area contributed by atoms with E-state index < -0.39 is 51.8 Å². The first kappa shape index (κ1) is 52.9. The van der Waals surface area contributed by atoms with Gasteiger partial charge in [-0.15, -0.1) is 0 Å². The van der Waals surface area contributed by atoms with Gasteiger partial charge in [-0.1, -0.05) is 140 Å². The molecule has 0 saturated heterocycles. The normalized spacial score (nSPS) is 14.3. The number of aliphatic hydroxyl groups excluding tert-OH is 2. The van der Waals surface area contributed by atoms with Crippen LogP contribution in [-0.4, -0.2) is 65.7 Å². The fourth-order valence-electron chi connectivity index (χ4n) is 5.58. The van der Waals surface area contributed by atoms with Gasteiger partial charge in [-0.3, -0.25) is 18.6 Å². The summed E-state index contributed by atoms with van der Waals surface area (Å²) in [6.45, 7) is 2.31. The van der Waals surface area contributed by atoms with Gasteiger partial charge in [-0.2, -0.15) is 0 Å². The van der Waals surface area contributed by atoms with Gasteiger partial charge in [-0.05, 0) is 77.0 Å².